The smallest absolute Gasteiger partial charge is 0.228 e. The first kappa shape index (κ1) is 19.4. The van der Waals surface area contributed by atoms with Crippen molar-refractivity contribution < 1.29 is 13.2 Å². The molecular formula is C20H30N2O3S. The summed E-state index contributed by atoms with van der Waals surface area (Å²) in [5.74, 6) is 0.0183. The molecule has 6 heteroatoms. The lowest BCUT2D eigenvalue weighted by molar-refractivity contribution is -0.119. The minimum atomic E-state index is -3.31. The first-order chi connectivity index (χ1) is 12.4. The molecule has 1 amide bonds. The Hall–Kier alpha value is -1.40. The van der Waals surface area contributed by atoms with Crippen LogP contribution in [0, 0.1) is 0 Å². The van der Waals surface area contributed by atoms with Gasteiger partial charge in [-0.25, -0.2) is 8.42 Å². The van der Waals surface area contributed by atoms with Gasteiger partial charge in [-0.1, -0.05) is 43.9 Å². The zero-order valence-corrected chi connectivity index (χ0v) is 16.7. The molecule has 2 aliphatic rings. The third-order valence-electron chi connectivity index (χ3n) is 5.68. The Morgan fingerprint density at radius 1 is 1.15 bits per heavy atom. The first-order valence-corrected chi connectivity index (χ1v) is 11.6. The summed E-state index contributed by atoms with van der Waals surface area (Å²) in [6, 6.07) is 8.17. The highest BCUT2D eigenvalue weighted by molar-refractivity contribution is 7.88. The van der Waals surface area contributed by atoms with E-state index >= 15 is 0 Å². The molecule has 26 heavy (non-hydrogen) atoms. The van der Waals surface area contributed by atoms with Crippen LogP contribution in [0.1, 0.15) is 57.4 Å². The van der Waals surface area contributed by atoms with Gasteiger partial charge in [0, 0.05) is 30.7 Å². The lowest BCUT2D eigenvalue weighted by Crippen LogP contribution is -2.43. The highest BCUT2D eigenvalue weighted by Crippen LogP contribution is 2.32. The van der Waals surface area contributed by atoms with Crippen molar-refractivity contribution in [2.75, 3.05) is 17.7 Å². The van der Waals surface area contributed by atoms with Crippen molar-refractivity contribution in [2.45, 2.75) is 70.4 Å². The molecule has 1 unspecified atom stereocenters. The van der Waals surface area contributed by atoms with Crippen molar-refractivity contribution in [3.05, 3.63) is 29.8 Å². The zero-order chi connectivity index (χ0) is 18.7. The van der Waals surface area contributed by atoms with Gasteiger partial charge in [-0.3, -0.25) is 4.79 Å². The second kappa shape index (κ2) is 8.09. The summed E-state index contributed by atoms with van der Waals surface area (Å²) < 4.78 is 26.3. The van der Waals surface area contributed by atoms with Crippen LogP contribution in [-0.4, -0.2) is 43.5 Å². The molecule has 1 atom stereocenters. The second-order valence-electron chi connectivity index (χ2n) is 7.71. The van der Waals surface area contributed by atoms with Crippen molar-refractivity contribution in [1.29, 1.82) is 0 Å². The third kappa shape index (κ3) is 4.29. The molecule has 0 radical (unpaired) electrons. The van der Waals surface area contributed by atoms with Crippen LogP contribution in [-0.2, 0) is 21.2 Å². The Morgan fingerprint density at radius 3 is 2.46 bits per heavy atom. The lowest BCUT2D eigenvalue weighted by Gasteiger charge is -2.30. The molecule has 3 rings (SSSR count). The molecule has 1 saturated carbocycles. The predicted molar refractivity (Wildman–Crippen MR) is 105 cm³/mol. The largest absolute Gasteiger partial charge is 0.309 e. The second-order valence-corrected chi connectivity index (χ2v) is 9.65. The van der Waals surface area contributed by atoms with Crippen LogP contribution in [0.3, 0.4) is 0 Å². The van der Waals surface area contributed by atoms with E-state index in [0.717, 1.165) is 37.8 Å². The van der Waals surface area contributed by atoms with E-state index in [4.69, 9.17) is 0 Å². The number of carbonyl (C=O) groups is 1. The number of fused-ring (bicyclic) bond motifs is 1. The first-order valence-electron chi connectivity index (χ1n) is 9.74. The molecule has 1 fully saturated rings. The fourth-order valence-corrected chi connectivity index (χ4v) is 5.61. The average Bonchev–Trinajstić information content (AvgIpc) is 2.73. The van der Waals surface area contributed by atoms with Crippen LogP contribution in [0.5, 0.6) is 0 Å². The monoisotopic (exact) mass is 378 g/mol. The minimum absolute atomic E-state index is 0.0183. The van der Waals surface area contributed by atoms with Crippen molar-refractivity contribution in [3.63, 3.8) is 0 Å². The van der Waals surface area contributed by atoms with E-state index in [2.05, 4.69) is 13.0 Å². The zero-order valence-electron chi connectivity index (χ0n) is 15.9. The van der Waals surface area contributed by atoms with Gasteiger partial charge in [0.25, 0.3) is 0 Å². The molecule has 0 N–H and O–H groups in total. The van der Waals surface area contributed by atoms with Gasteiger partial charge < -0.3 is 4.90 Å². The van der Waals surface area contributed by atoms with Crippen molar-refractivity contribution >= 4 is 21.6 Å². The summed E-state index contributed by atoms with van der Waals surface area (Å²) >= 11 is 0. The predicted octanol–water partition coefficient (Wildman–Crippen LogP) is 3.34. The molecule has 1 heterocycles. The molecule has 1 aromatic rings. The molecule has 144 valence electrons. The van der Waals surface area contributed by atoms with Crippen LogP contribution in [0.15, 0.2) is 24.3 Å². The van der Waals surface area contributed by atoms with Crippen molar-refractivity contribution in [2.24, 2.45) is 0 Å². The Kier molecular flexibility index (Phi) is 6.03. The van der Waals surface area contributed by atoms with Crippen LogP contribution >= 0.6 is 0 Å². The topological polar surface area (TPSA) is 57.7 Å². The van der Waals surface area contributed by atoms with Gasteiger partial charge in [0.2, 0.25) is 15.9 Å². The van der Waals surface area contributed by atoms with Gasteiger partial charge >= 0.3 is 0 Å². The number of rotatable bonds is 5. The van der Waals surface area contributed by atoms with E-state index in [-0.39, 0.29) is 31.0 Å². The summed E-state index contributed by atoms with van der Waals surface area (Å²) in [5, 5.41) is 0. The molecular weight excluding hydrogens is 348 g/mol. The summed E-state index contributed by atoms with van der Waals surface area (Å²) in [6.45, 7) is 2.34. The number of sulfonamides is 1. The van der Waals surface area contributed by atoms with Crippen molar-refractivity contribution in [3.8, 4) is 0 Å². The van der Waals surface area contributed by atoms with Crippen LogP contribution in [0.25, 0.3) is 0 Å². The molecule has 1 aliphatic carbocycles. The highest BCUT2D eigenvalue weighted by atomic mass is 32.2. The van der Waals surface area contributed by atoms with E-state index in [0.29, 0.717) is 0 Å². The van der Waals surface area contributed by atoms with Gasteiger partial charge in [-0.2, -0.15) is 4.31 Å². The lowest BCUT2D eigenvalue weighted by atomic mass is 10.1. The van der Waals surface area contributed by atoms with E-state index in [1.807, 2.05) is 23.1 Å². The number of hydrogen-bond acceptors (Lipinski definition) is 3. The van der Waals surface area contributed by atoms with E-state index in [1.54, 1.807) is 4.31 Å². The highest BCUT2D eigenvalue weighted by Gasteiger charge is 2.32. The summed E-state index contributed by atoms with van der Waals surface area (Å²) in [7, 11) is -3.31. The maximum atomic E-state index is 12.9. The van der Waals surface area contributed by atoms with Crippen LogP contribution < -0.4 is 4.90 Å². The standard InChI is InChI=1S/C20H30N2O3S/c1-16-15-17-9-7-8-12-19(17)22(16)20(23)13-14-21(26(2,24)25)18-10-5-3-4-6-11-18/h7-9,12,16,18H,3-6,10-11,13-15H2,1-2H3. The fraction of sp³-hybridized carbons (Fsp3) is 0.650. The number of anilines is 1. The number of para-hydroxylation sites is 1. The van der Waals surface area contributed by atoms with Gasteiger partial charge in [0.15, 0.2) is 0 Å². The van der Waals surface area contributed by atoms with Crippen molar-refractivity contribution in [1.82, 2.24) is 4.31 Å². The Morgan fingerprint density at radius 2 is 1.81 bits per heavy atom. The molecule has 5 nitrogen and oxygen atoms in total. The fourth-order valence-electron chi connectivity index (χ4n) is 4.44. The van der Waals surface area contributed by atoms with Gasteiger partial charge in [-0.15, -0.1) is 0 Å². The summed E-state index contributed by atoms with van der Waals surface area (Å²) in [5.41, 5.74) is 2.17. The third-order valence-corrected chi connectivity index (χ3v) is 7.01. The van der Waals surface area contributed by atoms with E-state index in [9.17, 15) is 13.2 Å². The Bertz CT molecular complexity index is 739. The number of nitrogens with zero attached hydrogens (tertiary/aromatic N) is 2. The number of benzene rings is 1. The molecule has 0 bridgehead atoms. The van der Waals surface area contributed by atoms with Crippen LogP contribution in [0.4, 0.5) is 5.69 Å². The van der Waals surface area contributed by atoms with Gasteiger partial charge in [-0.05, 0) is 37.8 Å². The molecule has 1 aliphatic heterocycles. The summed E-state index contributed by atoms with van der Waals surface area (Å²) in [4.78, 5) is 14.8. The molecule has 0 saturated heterocycles. The number of carbonyl (C=O) groups excluding carboxylic acids is 1. The normalized spacial score (nSPS) is 21.7. The molecule has 0 spiro atoms. The van der Waals surface area contributed by atoms with E-state index < -0.39 is 10.0 Å². The summed E-state index contributed by atoms with van der Waals surface area (Å²) in [6.07, 6.45) is 8.68. The van der Waals surface area contributed by atoms with Gasteiger partial charge in [0.05, 0.1) is 6.26 Å². The van der Waals surface area contributed by atoms with E-state index in [1.165, 1.54) is 24.7 Å². The average molecular weight is 379 g/mol. The number of hydrogen-bond donors (Lipinski definition) is 0. The molecule has 1 aromatic carbocycles. The Balaban J connectivity index is 1.70. The SMILES string of the molecule is CC1Cc2ccccc2N1C(=O)CCN(C1CCCCCC1)S(C)(=O)=O. The quantitative estimate of drug-likeness (QED) is 0.739. The Labute approximate surface area is 157 Å². The maximum Gasteiger partial charge on any atom is 0.228 e. The van der Waals surface area contributed by atoms with Crippen LogP contribution in [0.2, 0.25) is 0 Å². The number of amides is 1. The molecule has 0 aromatic heterocycles. The van der Waals surface area contributed by atoms with Gasteiger partial charge in [0.1, 0.15) is 0 Å². The minimum Gasteiger partial charge on any atom is -0.309 e. The maximum absolute atomic E-state index is 12.9.